The summed E-state index contributed by atoms with van der Waals surface area (Å²) in [6.07, 6.45) is 3.47. The number of piperidine rings is 1. The molecule has 0 N–H and O–H groups in total. The van der Waals surface area contributed by atoms with Gasteiger partial charge in [-0.2, -0.15) is 0 Å². The van der Waals surface area contributed by atoms with Gasteiger partial charge in [0.1, 0.15) is 0 Å². The second-order valence-corrected chi connectivity index (χ2v) is 6.08. The molecule has 0 radical (unpaired) electrons. The predicted octanol–water partition coefficient (Wildman–Crippen LogP) is 2.48. The highest BCUT2D eigenvalue weighted by Gasteiger charge is 2.47. The van der Waals surface area contributed by atoms with E-state index < -0.39 is 0 Å². The molecule has 3 nitrogen and oxygen atoms in total. The molecule has 0 aromatic carbocycles. The van der Waals surface area contributed by atoms with Crippen LogP contribution in [0, 0.1) is 11.8 Å². The zero-order chi connectivity index (χ0) is 13.7. The van der Waals surface area contributed by atoms with Gasteiger partial charge in [0.25, 0.3) is 0 Å². The lowest BCUT2D eigenvalue weighted by molar-refractivity contribution is -0.120. The summed E-state index contributed by atoms with van der Waals surface area (Å²) < 4.78 is 0. The first kappa shape index (κ1) is 12.6. The molecule has 3 rings (SSSR count). The van der Waals surface area contributed by atoms with Crippen LogP contribution < -0.4 is 0 Å². The van der Waals surface area contributed by atoms with Crippen LogP contribution in [0.2, 0.25) is 0 Å². The number of ketones is 2. The number of allylic oxidation sites excluding steroid dienone is 3. The zero-order valence-electron chi connectivity index (χ0n) is 12.0. The van der Waals surface area contributed by atoms with Gasteiger partial charge in [-0.15, -0.1) is 0 Å². The smallest absolute Gasteiger partial charge is 0.206 e. The largest absolute Gasteiger partial charge is 0.368 e. The highest BCUT2D eigenvalue weighted by Crippen LogP contribution is 2.46. The van der Waals surface area contributed by atoms with Crippen molar-refractivity contribution in [3.8, 4) is 0 Å². The normalized spacial score (nSPS) is 31.6. The third-order valence-corrected chi connectivity index (χ3v) is 5.02. The fourth-order valence-corrected chi connectivity index (χ4v) is 3.66. The van der Waals surface area contributed by atoms with Crippen LogP contribution in [0.15, 0.2) is 22.4 Å². The Hall–Kier alpha value is -1.38. The van der Waals surface area contributed by atoms with Crippen molar-refractivity contribution in [2.75, 3.05) is 13.1 Å². The van der Waals surface area contributed by atoms with E-state index in [1.165, 1.54) is 6.42 Å². The minimum absolute atomic E-state index is 0.112. The maximum absolute atomic E-state index is 12.7. The minimum Gasteiger partial charge on any atom is -0.368 e. The number of hydrogen-bond donors (Lipinski definition) is 0. The van der Waals surface area contributed by atoms with Gasteiger partial charge in [-0.3, -0.25) is 9.59 Å². The van der Waals surface area contributed by atoms with Crippen molar-refractivity contribution in [2.24, 2.45) is 11.8 Å². The summed E-state index contributed by atoms with van der Waals surface area (Å²) in [6.45, 7) is 7.76. The van der Waals surface area contributed by atoms with Crippen molar-refractivity contribution in [3.05, 3.63) is 22.4 Å². The molecule has 0 aromatic rings. The molecule has 0 saturated carbocycles. The molecule has 2 aliphatic carbocycles. The molecule has 1 heterocycles. The number of carbonyl (C=O) groups is 2. The number of Topliss-reactive ketones (excluding diaryl/α,β-unsaturated/α-hetero) is 2. The van der Waals surface area contributed by atoms with E-state index >= 15 is 0 Å². The zero-order valence-corrected chi connectivity index (χ0v) is 12.0. The molecule has 1 saturated heterocycles. The Kier molecular flexibility index (Phi) is 2.88. The summed E-state index contributed by atoms with van der Waals surface area (Å²) in [5.74, 6) is 0.712. The average molecular weight is 259 g/mol. The molecule has 19 heavy (non-hydrogen) atoms. The van der Waals surface area contributed by atoms with Gasteiger partial charge >= 0.3 is 0 Å². The van der Waals surface area contributed by atoms with Crippen LogP contribution >= 0.6 is 0 Å². The summed E-state index contributed by atoms with van der Waals surface area (Å²) >= 11 is 0. The number of likely N-dealkylation sites (tertiary alicyclic amines) is 1. The summed E-state index contributed by atoms with van der Waals surface area (Å²) in [6, 6.07) is 0. The lowest BCUT2D eigenvalue weighted by atomic mass is 9.63. The number of carbonyl (C=O) groups excluding carboxylic acids is 2. The number of hydrogen-bond acceptors (Lipinski definition) is 3. The third-order valence-electron chi connectivity index (χ3n) is 5.02. The molecule has 0 amide bonds. The molecule has 0 unspecified atom stereocenters. The third kappa shape index (κ3) is 1.63. The van der Waals surface area contributed by atoms with Gasteiger partial charge in [-0.1, -0.05) is 13.8 Å². The lowest BCUT2D eigenvalue weighted by Crippen LogP contribution is -2.44. The number of nitrogens with zero attached hydrogens (tertiary/aromatic N) is 1. The van der Waals surface area contributed by atoms with Gasteiger partial charge in [-0.05, 0) is 38.0 Å². The maximum Gasteiger partial charge on any atom is 0.206 e. The topological polar surface area (TPSA) is 37.4 Å². The first-order valence-corrected chi connectivity index (χ1v) is 7.33. The van der Waals surface area contributed by atoms with E-state index in [9.17, 15) is 9.59 Å². The van der Waals surface area contributed by atoms with Crippen LogP contribution in [0.3, 0.4) is 0 Å². The van der Waals surface area contributed by atoms with Crippen LogP contribution in [0.1, 0.15) is 40.0 Å². The van der Waals surface area contributed by atoms with Gasteiger partial charge in [0, 0.05) is 29.8 Å². The molecule has 0 bridgehead atoms. The first-order chi connectivity index (χ1) is 9.04. The maximum atomic E-state index is 12.7. The molecular weight excluding hydrogens is 238 g/mol. The Morgan fingerprint density at radius 1 is 0.895 bits per heavy atom. The van der Waals surface area contributed by atoms with Crippen LogP contribution in [0.4, 0.5) is 0 Å². The minimum atomic E-state index is 0.112. The Morgan fingerprint density at radius 3 is 2.00 bits per heavy atom. The van der Waals surface area contributed by atoms with Crippen molar-refractivity contribution < 1.29 is 9.59 Å². The monoisotopic (exact) mass is 259 g/mol. The fourth-order valence-electron chi connectivity index (χ4n) is 3.66. The second kappa shape index (κ2) is 4.32. The van der Waals surface area contributed by atoms with Crippen molar-refractivity contribution in [1.29, 1.82) is 0 Å². The summed E-state index contributed by atoms with van der Waals surface area (Å²) in [5.41, 5.74) is 2.95. The van der Waals surface area contributed by atoms with E-state index in [0.717, 1.165) is 37.1 Å². The Labute approximate surface area is 114 Å². The Balaban J connectivity index is 1.99. The molecule has 3 heteroatoms. The summed E-state index contributed by atoms with van der Waals surface area (Å²) in [7, 11) is 0. The van der Waals surface area contributed by atoms with Gasteiger partial charge in [0.15, 0.2) is 5.78 Å². The van der Waals surface area contributed by atoms with Gasteiger partial charge in [0.2, 0.25) is 5.78 Å². The van der Waals surface area contributed by atoms with E-state index in [-0.39, 0.29) is 23.4 Å². The molecule has 1 fully saturated rings. The SMILES string of the molecule is CC1=C(N2CCCCC2)C(=O)C2=C(C1=O)[C@H](C)[C@@H]2C. The van der Waals surface area contributed by atoms with Crippen LogP contribution in [0.5, 0.6) is 0 Å². The van der Waals surface area contributed by atoms with E-state index in [2.05, 4.69) is 11.8 Å². The van der Waals surface area contributed by atoms with E-state index in [1.807, 2.05) is 13.8 Å². The molecule has 1 aliphatic heterocycles. The summed E-state index contributed by atoms with van der Waals surface area (Å²) in [4.78, 5) is 27.3. The van der Waals surface area contributed by atoms with Crippen LogP contribution in [-0.2, 0) is 9.59 Å². The highest BCUT2D eigenvalue weighted by molar-refractivity contribution is 6.26. The number of rotatable bonds is 1. The van der Waals surface area contributed by atoms with Crippen LogP contribution in [-0.4, -0.2) is 29.6 Å². The van der Waals surface area contributed by atoms with E-state index in [1.54, 1.807) is 0 Å². The Bertz CT molecular complexity index is 521. The van der Waals surface area contributed by atoms with Gasteiger partial charge < -0.3 is 4.90 Å². The fraction of sp³-hybridized carbons (Fsp3) is 0.625. The molecule has 3 aliphatic rings. The standard InChI is InChI=1S/C16H21NO2/c1-9-10(2)13-12(9)15(18)11(3)14(16(13)19)17-7-5-4-6-8-17/h9-10H,4-8H2,1-3H3/t9-,10+/m1/s1. The molecular formula is C16H21NO2. The van der Waals surface area contributed by atoms with Crippen molar-refractivity contribution in [1.82, 2.24) is 4.90 Å². The van der Waals surface area contributed by atoms with E-state index in [4.69, 9.17) is 0 Å². The summed E-state index contributed by atoms with van der Waals surface area (Å²) in [5, 5.41) is 0. The highest BCUT2D eigenvalue weighted by atomic mass is 16.1. The predicted molar refractivity (Wildman–Crippen MR) is 73.5 cm³/mol. The average Bonchev–Trinajstić information content (AvgIpc) is 2.43. The Morgan fingerprint density at radius 2 is 1.42 bits per heavy atom. The van der Waals surface area contributed by atoms with Crippen LogP contribution in [0.25, 0.3) is 0 Å². The molecule has 0 spiro atoms. The lowest BCUT2D eigenvalue weighted by Gasteiger charge is -2.42. The van der Waals surface area contributed by atoms with Gasteiger partial charge in [0.05, 0.1) is 5.70 Å². The first-order valence-electron chi connectivity index (χ1n) is 7.33. The second-order valence-electron chi connectivity index (χ2n) is 6.08. The molecule has 2 atom stereocenters. The van der Waals surface area contributed by atoms with Crippen molar-refractivity contribution in [2.45, 2.75) is 40.0 Å². The van der Waals surface area contributed by atoms with Crippen molar-refractivity contribution >= 4 is 11.6 Å². The van der Waals surface area contributed by atoms with Gasteiger partial charge in [-0.25, -0.2) is 0 Å². The molecule has 0 aromatic heterocycles. The molecule has 102 valence electrons. The quantitative estimate of drug-likeness (QED) is 0.679. The van der Waals surface area contributed by atoms with Crippen molar-refractivity contribution in [3.63, 3.8) is 0 Å². The van der Waals surface area contributed by atoms with E-state index in [0.29, 0.717) is 11.3 Å².